The van der Waals surface area contributed by atoms with Gasteiger partial charge in [-0.05, 0) is 118 Å². The predicted molar refractivity (Wildman–Crippen MR) is 258 cm³/mol. The number of carboxylic acids is 1. The van der Waals surface area contributed by atoms with Gasteiger partial charge >= 0.3 is 13.8 Å². The standard InChI is InChI=1S/C47H51Br2N4O16PS/c1-45-15-13-26(54)18-24(45)5-9-28-29-19-34-47(33(56)22-67-70(64,65)66,46(29,2)20-31(55)38(28)45)69-44(68-34)32-11-8-27(71-32)17-23-3-6-25(7-4-23)51-41(61)30(10-12-37(59)60)52-36(58)21-50-35(57)14-16-53-42(62)39(48)40(49)43(53)63/h3-4,6-8,11,13,15,18,28-31,34,38,44,55H,5,9-10,12,14,16-17,19-22H2,1-2H3,(H,50,57)(H,51,61)(H,52,58)(H,59,60)(H2,64,65,66)/t28-,29-,30-,31-,34+,38+,44+,45-,46-,47+/m0/s1. The van der Waals surface area contributed by atoms with Crippen LogP contribution in [0.4, 0.5) is 5.69 Å². The number of rotatable bonds is 18. The maximum atomic E-state index is 14.4. The number of hydrogen-bond donors (Lipinski definition) is 7. The van der Waals surface area contributed by atoms with E-state index in [4.69, 9.17) is 14.0 Å². The Kier molecular flexibility index (Phi) is 15.2. The fourth-order valence-electron chi connectivity index (χ4n) is 11.7. The summed E-state index contributed by atoms with van der Waals surface area (Å²) in [5.74, 6) is -5.90. The number of imide groups is 1. The monoisotopic (exact) mass is 1150 g/mol. The molecule has 4 fully saturated rings. The van der Waals surface area contributed by atoms with Crippen molar-refractivity contribution in [2.45, 2.75) is 95.4 Å². The first-order chi connectivity index (χ1) is 33.4. The molecule has 4 aliphatic carbocycles. The maximum absolute atomic E-state index is 14.4. The van der Waals surface area contributed by atoms with E-state index >= 15 is 0 Å². The number of phosphoric acid groups is 1. The van der Waals surface area contributed by atoms with Crippen LogP contribution in [0.2, 0.25) is 0 Å². The number of Topliss-reactive ketones (excluding diaryl/α,β-unsaturated/α-hetero) is 1. The van der Waals surface area contributed by atoms with Crippen LogP contribution in [0.5, 0.6) is 0 Å². The molecule has 8 rings (SSSR count). The fraction of sp³-hybridized carbons (Fsp3) is 0.489. The molecule has 1 aromatic heterocycles. The lowest BCUT2D eigenvalue weighted by molar-refractivity contribution is -0.200. The molecule has 0 bridgehead atoms. The number of aliphatic hydroxyl groups excluding tert-OH is 1. The number of aliphatic hydroxyl groups is 1. The van der Waals surface area contributed by atoms with Crippen molar-refractivity contribution in [1.29, 1.82) is 0 Å². The molecule has 3 saturated carbocycles. The maximum Gasteiger partial charge on any atom is 0.470 e. The van der Waals surface area contributed by atoms with Crippen LogP contribution < -0.4 is 16.0 Å². The molecular formula is C47H51Br2N4O16PS. The normalized spacial score (nSPS) is 30.3. The van der Waals surface area contributed by atoms with Crippen LogP contribution in [0.1, 0.15) is 80.4 Å². The molecule has 380 valence electrons. The molecule has 2 aromatic rings. The van der Waals surface area contributed by atoms with Crippen molar-refractivity contribution in [1.82, 2.24) is 15.5 Å². The van der Waals surface area contributed by atoms with Gasteiger partial charge in [-0.1, -0.05) is 37.6 Å². The molecule has 1 saturated heterocycles. The average molecular weight is 1150 g/mol. The Morgan fingerprint density at radius 1 is 1.00 bits per heavy atom. The number of fused-ring (bicyclic) bond motifs is 7. The number of carbonyl (C=O) groups excluding carboxylic acids is 7. The first-order valence-corrected chi connectivity index (χ1v) is 26.7. The van der Waals surface area contributed by atoms with E-state index in [0.717, 1.165) is 20.9 Å². The van der Waals surface area contributed by atoms with Crippen molar-refractivity contribution in [2.75, 3.05) is 25.0 Å². The Morgan fingerprint density at radius 2 is 1.70 bits per heavy atom. The Balaban J connectivity index is 0.895. The number of allylic oxidation sites excluding steroid dienone is 4. The molecule has 71 heavy (non-hydrogen) atoms. The number of ether oxygens (including phenoxy) is 2. The molecule has 5 amide bonds. The molecule has 6 aliphatic rings. The Bertz CT molecular complexity index is 2700. The molecule has 10 atom stereocenters. The van der Waals surface area contributed by atoms with Crippen molar-refractivity contribution in [3.8, 4) is 0 Å². The van der Waals surface area contributed by atoms with Crippen LogP contribution in [0.3, 0.4) is 0 Å². The number of ketones is 2. The number of carboxylic acid groups (broad SMARTS) is 1. The Hall–Kier alpha value is -4.55. The molecule has 0 radical (unpaired) electrons. The van der Waals surface area contributed by atoms with E-state index in [0.29, 0.717) is 36.2 Å². The number of nitrogens with one attached hydrogen (secondary N) is 3. The zero-order chi connectivity index (χ0) is 51.4. The van der Waals surface area contributed by atoms with Gasteiger partial charge in [0.15, 0.2) is 23.5 Å². The van der Waals surface area contributed by atoms with Crippen molar-refractivity contribution in [2.24, 2.45) is 28.6 Å². The molecule has 0 unspecified atom stereocenters. The van der Waals surface area contributed by atoms with Crippen molar-refractivity contribution in [3.05, 3.63) is 84.5 Å². The number of halogens is 2. The minimum atomic E-state index is -5.06. The van der Waals surface area contributed by atoms with Crippen LogP contribution in [-0.4, -0.2) is 116 Å². The second-order valence-corrected chi connectivity index (χ2v) is 23.1. The molecule has 0 spiro atoms. The Labute approximate surface area is 427 Å². The first-order valence-electron chi connectivity index (χ1n) is 22.8. The highest BCUT2D eigenvalue weighted by Crippen LogP contribution is 2.70. The minimum Gasteiger partial charge on any atom is -0.481 e. The molecule has 7 N–H and O–H groups in total. The number of anilines is 1. The lowest BCUT2D eigenvalue weighted by Crippen LogP contribution is -2.63. The van der Waals surface area contributed by atoms with E-state index in [2.05, 4.69) is 47.8 Å². The summed E-state index contributed by atoms with van der Waals surface area (Å²) < 4.78 is 30.1. The number of thiophene rings is 1. The second kappa shape index (κ2) is 20.4. The van der Waals surface area contributed by atoms with E-state index < -0.39 is 110 Å². The van der Waals surface area contributed by atoms with Gasteiger partial charge in [0.1, 0.15) is 21.6 Å². The highest BCUT2D eigenvalue weighted by Gasteiger charge is 2.76. The second-order valence-electron chi connectivity index (χ2n) is 19.1. The van der Waals surface area contributed by atoms with Gasteiger partial charge in [0, 0.05) is 53.1 Å². The van der Waals surface area contributed by atoms with Crippen LogP contribution in [-0.2, 0) is 63.3 Å². The van der Waals surface area contributed by atoms with E-state index in [9.17, 15) is 62.9 Å². The van der Waals surface area contributed by atoms with Crippen LogP contribution in [0.15, 0.2) is 69.2 Å². The average Bonchev–Trinajstić information content (AvgIpc) is 4.04. The van der Waals surface area contributed by atoms with Gasteiger partial charge in [0.2, 0.25) is 17.7 Å². The topological polar surface area (TPSA) is 302 Å². The van der Waals surface area contributed by atoms with E-state index in [1.165, 1.54) is 11.3 Å². The summed E-state index contributed by atoms with van der Waals surface area (Å²) in [5.41, 5.74) is -1.17. The molecule has 20 nitrogen and oxygen atoms in total. The number of nitrogens with zero attached hydrogens (tertiary/aromatic N) is 1. The van der Waals surface area contributed by atoms with Crippen molar-refractivity contribution >= 4 is 104 Å². The van der Waals surface area contributed by atoms with E-state index in [1.54, 1.807) is 36.4 Å². The third-order valence-corrected chi connectivity index (χ3v) is 18.5. The summed E-state index contributed by atoms with van der Waals surface area (Å²) in [6, 6.07) is 9.20. The van der Waals surface area contributed by atoms with Gasteiger partial charge in [0.05, 0.1) is 23.6 Å². The van der Waals surface area contributed by atoms with Gasteiger partial charge < -0.3 is 45.4 Å². The van der Waals surface area contributed by atoms with E-state index in [1.807, 2.05) is 32.1 Å². The number of carbonyl (C=O) groups is 8. The highest BCUT2D eigenvalue weighted by molar-refractivity contribution is 9.14. The Morgan fingerprint density at radius 3 is 2.38 bits per heavy atom. The van der Waals surface area contributed by atoms with Gasteiger partial charge in [-0.2, -0.15) is 0 Å². The first kappa shape index (κ1) is 52.8. The summed E-state index contributed by atoms with van der Waals surface area (Å²) in [5, 5.41) is 28.8. The number of amides is 5. The zero-order valence-electron chi connectivity index (χ0n) is 38.3. The smallest absolute Gasteiger partial charge is 0.470 e. The summed E-state index contributed by atoms with van der Waals surface area (Å²) >= 11 is 7.38. The molecule has 3 heterocycles. The highest BCUT2D eigenvalue weighted by atomic mass is 79.9. The molecule has 1 aromatic carbocycles. The van der Waals surface area contributed by atoms with Crippen molar-refractivity contribution < 1.29 is 76.9 Å². The van der Waals surface area contributed by atoms with Gasteiger partial charge in [-0.3, -0.25) is 47.8 Å². The molecule has 2 aliphatic heterocycles. The fourth-order valence-corrected chi connectivity index (χ4v) is 13.7. The van der Waals surface area contributed by atoms with Gasteiger partial charge in [-0.25, -0.2) is 4.57 Å². The van der Waals surface area contributed by atoms with Crippen LogP contribution >= 0.6 is 51.0 Å². The van der Waals surface area contributed by atoms with Gasteiger partial charge in [-0.15, -0.1) is 11.3 Å². The van der Waals surface area contributed by atoms with Crippen molar-refractivity contribution in [3.63, 3.8) is 0 Å². The molecule has 24 heteroatoms. The predicted octanol–water partition coefficient (Wildman–Crippen LogP) is 4.22. The SMILES string of the molecule is C[C@]12C=CC(=O)C=C1CC[C@@H]1[C@@H]2[C@@H](O)C[C@@]2(C)[C@H]1C[C@H]1O[C@@H](c3ccc(Cc4ccc(NC(=O)[C@H](CCC(=O)O)NC(=O)CNC(=O)CCN5C(=O)C(Br)=C(Br)C5=O)cc4)s3)O[C@]12C(=O)COP(=O)(O)O. The third kappa shape index (κ3) is 10.4. The van der Waals surface area contributed by atoms with E-state index in [-0.39, 0.29) is 58.3 Å². The van der Waals surface area contributed by atoms with Crippen LogP contribution in [0, 0.1) is 28.6 Å². The minimum absolute atomic E-state index is 0.0240. The number of benzene rings is 1. The summed E-state index contributed by atoms with van der Waals surface area (Å²) in [7, 11) is -5.06. The van der Waals surface area contributed by atoms with Crippen LogP contribution in [0.25, 0.3) is 0 Å². The number of hydrogen-bond acceptors (Lipinski definition) is 14. The van der Waals surface area contributed by atoms with Gasteiger partial charge in [0.25, 0.3) is 11.8 Å². The number of aliphatic carboxylic acids is 1. The largest absolute Gasteiger partial charge is 0.481 e. The molecular weight excluding hydrogens is 1100 g/mol. The summed E-state index contributed by atoms with van der Waals surface area (Å²) in [6.45, 7) is 2.17. The summed E-state index contributed by atoms with van der Waals surface area (Å²) in [6.07, 6.45) is 3.55. The quantitative estimate of drug-likeness (QED) is 0.0812. The zero-order valence-corrected chi connectivity index (χ0v) is 43.1. The lowest BCUT2D eigenvalue weighted by Gasteiger charge is -2.59. The summed E-state index contributed by atoms with van der Waals surface area (Å²) in [4.78, 5) is 123. The number of phosphoric ester groups is 1. The lowest BCUT2D eigenvalue weighted by atomic mass is 9.46. The third-order valence-electron chi connectivity index (χ3n) is 14.9.